The van der Waals surface area contributed by atoms with E-state index in [9.17, 15) is 0 Å². The lowest BCUT2D eigenvalue weighted by atomic mass is 10.2. The van der Waals surface area contributed by atoms with E-state index >= 15 is 0 Å². The van der Waals surface area contributed by atoms with Crippen molar-refractivity contribution in [2.75, 3.05) is 49.5 Å². The monoisotopic (exact) mass is 291 g/mol. The van der Waals surface area contributed by atoms with Crippen LogP contribution in [0.5, 0.6) is 0 Å². The van der Waals surface area contributed by atoms with Crippen LogP contribution < -0.4 is 10.2 Å². The summed E-state index contributed by atoms with van der Waals surface area (Å²) in [4.78, 5) is 14.4. The fraction of sp³-hybridized carbons (Fsp3) is 0.750. The first-order valence-corrected chi connectivity index (χ1v) is 8.28. The van der Waals surface area contributed by atoms with Crippen LogP contribution in [0.1, 0.15) is 38.6 Å². The van der Waals surface area contributed by atoms with E-state index in [-0.39, 0.29) is 0 Å². The van der Waals surface area contributed by atoms with Crippen molar-refractivity contribution in [2.45, 2.75) is 40.5 Å². The molecule has 0 aliphatic carbocycles. The van der Waals surface area contributed by atoms with Crippen LogP contribution in [0.15, 0.2) is 0 Å². The number of piperazine rings is 1. The third-order valence-electron chi connectivity index (χ3n) is 4.10. The standard InChI is InChI=1S/C16H29N5/c1-5-8-14-18-15(17-6-2)13(4)16(19-14)21-11-9-20(7-3)10-12-21/h5-12H2,1-4H3,(H,17,18,19). The van der Waals surface area contributed by atoms with Gasteiger partial charge in [-0.15, -0.1) is 0 Å². The average molecular weight is 291 g/mol. The van der Waals surface area contributed by atoms with Crippen molar-refractivity contribution in [3.8, 4) is 0 Å². The number of nitrogens with zero attached hydrogens (tertiary/aromatic N) is 4. The summed E-state index contributed by atoms with van der Waals surface area (Å²) in [5.74, 6) is 3.09. The zero-order valence-corrected chi connectivity index (χ0v) is 13.9. The highest BCUT2D eigenvalue weighted by Crippen LogP contribution is 2.25. The summed E-state index contributed by atoms with van der Waals surface area (Å²) in [7, 11) is 0. The van der Waals surface area contributed by atoms with Crippen molar-refractivity contribution >= 4 is 11.6 Å². The summed E-state index contributed by atoms with van der Waals surface area (Å²) < 4.78 is 0. The highest BCUT2D eigenvalue weighted by molar-refractivity contribution is 5.59. The summed E-state index contributed by atoms with van der Waals surface area (Å²) in [6.07, 6.45) is 2.03. The number of likely N-dealkylation sites (N-methyl/N-ethyl adjacent to an activating group) is 1. The molecule has 1 aliphatic rings. The molecule has 5 nitrogen and oxygen atoms in total. The van der Waals surface area contributed by atoms with Crippen molar-refractivity contribution in [3.63, 3.8) is 0 Å². The Hall–Kier alpha value is -1.36. The second-order valence-electron chi connectivity index (χ2n) is 5.64. The Labute approximate surface area is 128 Å². The molecule has 0 atom stereocenters. The van der Waals surface area contributed by atoms with Crippen molar-refractivity contribution in [1.29, 1.82) is 0 Å². The molecule has 0 radical (unpaired) electrons. The van der Waals surface area contributed by atoms with E-state index in [0.29, 0.717) is 0 Å². The average Bonchev–Trinajstić information content (AvgIpc) is 2.51. The lowest BCUT2D eigenvalue weighted by Crippen LogP contribution is -2.46. The topological polar surface area (TPSA) is 44.3 Å². The molecule has 1 fully saturated rings. The summed E-state index contributed by atoms with van der Waals surface area (Å²) >= 11 is 0. The van der Waals surface area contributed by atoms with E-state index in [1.54, 1.807) is 0 Å². The van der Waals surface area contributed by atoms with Crippen LogP contribution in [0.2, 0.25) is 0 Å². The SMILES string of the molecule is CCCc1nc(NCC)c(C)c(N2CCN(CC)CC2)n1. The zero-order chi connectivity index (χ0) is 15.2. The summed E-state index contributed by atoms with van der Waals surface area (Å²) in [5, 5.41) is 3.39. The van der Waals surface area contributed by atoms with E-state index in [1.807, 2.05) is 0 Å². The molecule has 0 bridgehead atoms. The Morgan fingerprint density at radius 2 is 1.76 bits per heavy atom. The van der Waals surface area contributed by atoms with Gasteiger partial charge in [-0.25, -0.2) is 9.97 Å². The molecule has 1 aromatic heterocycles. The molecule has 0 saturated carbocycles. The number of aryl methyl sites for hydroxylation is 1. The Morgan fingerprint density at radius 3 is 2.33 bits per heavy atom. The number of nitrogens with one attached hydrogen (secondary N) is 1. The maximum atomic E-state index is 4.84. The first-order chi connectivity index (χ1) is 10.2. The minimum atomic E-state index is 0.895. The fourth-order valence-electron chi connectivity index (χ4n) is 2.81. The number of rotatable bonds is 6. The smallest absolute Gasteiger partial charge is 0.137 e. The van der Waals surface area contributed by atoms with Gasteiger partial charge in [-0.1, -0.05) is 13.8 Å². The highest BCUT2D eigenvalue weighted by atomic mass is 15.3. The number of anilines is 2. The normalized spacial score (nSPS) is 16.3. The Bertz CT molecular complexity index is 452. The molecule has 5 heteroatoms. The summed E-state index contributed by atoms with van der Waals surface area (Å²) in [6, 6.07) is 0. The summed E-state index contributed by atoms with van der Waals surface area (Å²) in [6.45, 7) is 15.1. The van der Waals surface area contributed by atoms with E-state index < -0.39 is 0 Å². The van der Waals surface area contributed by atoms with Gasteiger partial charge in [0.25, 0.3) is 0 Å². The maximum absolute atomic E-state index is 4.84. The molecule has 1 N–H and O–H groups in total. The van der Waals surface area contributed by atoms with Gasteiger partial charge in [0.1, 0.15) is 17.5 Å². The number of hydrogen-bond acceptors (Lipinski definition) is 5. The molecular formula is C16H29N5. The van der Waals surface area contributed by atoms with Gasteiger partial charge < -0.3 is 15.1 Å². The second kappa shape index (κ2) is 7.59. The third-order valence-corrected chi connectivity index (χ3v) is 4.10. The lowest BCUT2D eigenvalue weighted by Gasteiger charge is -2.35. The Morgan fingerprint density at radius 1 is 1.05 bits per heavy atom. The quantitative estimate of drug-likeness (QED) is 0.871. The highest BCUT2D eigenvalue weighted by Gasteiger charge is 2.20. The predicted molar refractivity (Wildman–Crippen MR) is 89.3 cm³/mol. The lowest BCUT2D eigenvalue weighted by molar-refractivity contribution is 0.270. The van der Waals surface area contributed by atoms with Crippen molar-refractivity contribution in [1.82, 2.24) is 14.9 Å². The molecular weight excluding hydrogens is 262 g/mol. The van der Waals surface area contributed by atoms with Gasteiger partial charge in [0.15, 0.2) is 0 Å². The fourth-order valence-corrected chi connectivity index (χ4v) is 2.81. The van der Waals surface area contributed by atoms with Crippen LogP contribution in [0, 0.1) is 6.92 Å². The van der Waals surface area contributed by atoms with Gasteiger partial charge in [0, 0.05) is 44.7 Å². The van der Waals surface area contributed by atoms with Crippen molar-refractivity contribution in [3.05, 3.63) is 11.4 Å². The van der Waals surface area contributed by atoms with Crippen LogP contribution in [-0.4, -0.2) is 54.1 Å². The molecule has 0 spiro atoms. The maximum Gasteiger partial charge on any atom is 0.137 e. The van der Waals surface area contributed by atoms with Gasteiger partial charge in [-0.2, -0.15) is 0 Å². The van der Waals surface area contributed by atoms with Crippen LogP contribution in [0.4, 0.5) is 11.6 Å². The first kappa shape index (κ1) is 16.0. The van der Waals surface area contributed by atoms with Crippen LogP contribution in [-0.2, 0) is 6.42 Å². The van der Waals surface area contributed by atoms with E-state index in [4.69, 9.17) is 4.98 Å². The van der Waals surface area contributed by atoms with Gasteiger partial charge in [-0.3, -0.25) is 0 Å². The molecule has 21 heavy (non-hydrogen) atoms. The molecule has 2 rings (SSSR count). The van der Waals surface area contributed by atoms with Gasteiger partial charge >= 0.3 is 0 Å². The molecule has 0 amide bonds. The first-order valence-electron chi connectivity index (χ1n) is 8.28. The van der Waals surface area contributed by atoms with Crippen molar-refractivity contribution < 1.29 is 0 Å². The van der Waals surface area contributed by atoms with Crippen LogP contribution in [0.25, 0.3) is 0 Å². The van der Waals surface area contributed by atoms with E-state index in [1.165, 1.54) is 5.56 Å². The van der Waals surface area contributed by atoms with E-state index in [0.717, 1.165) is 69.6 Å². The number of hydrogen-bond donors (Lipinski definition) is 1. The molecule has 0 unspecified atom stereocenters. The molecule has 1 aliphatic heterocycles. The minimum absolute atomic E-state index is 0.895. The number of aromatic nitrogens is 2. The molecule has 118 valence electrons. The summed E-state index contributed by atoms with van der Waals surface area (Å²) in [5.41, 5.74) is 1.18. The molecule has 0 aromatic carbocycles. The minimum Gasteiger partial charge on any atom is -0.370 e. The third kappa shape index (κ3) is 3.84. The largest absolute Gasteiger partial charge is 0.370 e. The van der Waals surface area contributed by atoms with Gasteiger partial charge in [0.2, 0.25) is 0 Å². The van der Waals surface area contributed by atoms with Crippen molar-refractivity contribution in [2.24, 2.45) is 0 Å². The molecule has 2 heterocycles. The van der Waals surface area contributed by atoms with Gasteiger partial charge in [-0.05, 0) is 26.8 Å². The molecule has 1 saturated heterocycles. The second-order valence-corrected chi connectivity index (χ2v) is 5.64. The Balaban J connectivity index is 2.24. The van der Waals surface area contributed by atoms with Crippen LogP contribution >= 0.6 is 0 Å². The zero-order valence-electron chi connectivity index (χ0n) is 13.9. The van der Waals surface area contributed by atoms with Crippen LogP contribution in [0.3, 0.4) is 0 Å². The van der Waals surface area contributed by atoms with Gasteiger partial charge in [0.05, 0.1) is 0 Å². The predicted octanol–water partition coefficient (Wildman–Crippen LogP) is 2.31. The van der Waals surface area contributed by atoms with E-state index in [2.05, 4.69) is 47.8 Å². The Kier molecular flexibility index (Phi) is 5.79. The molecule has 1 aromatic rings.